The third-order valence-electron chi connectivity index (χ3n) is 2.17. The molecule has 0 saturated carbocycles. The van der Waals surface area contributed by atoms with Gasteiger partial charge in [0.2, 0.25) is 0 Å². The Labute approximate surface area is 97.5 Å². The summed E-state index contributed by atoms with van der Waals surface area (Å²) in [4.78, 5) is 0. The van der Waals surface area contributed by atoms with Crippen molar-refractivity contribution in [2.45, 2.75) is 18.5 Å². The van der Waals surface area contributed by atoms with Crippen molar-refractivity contribution in [3.05, 3.63) is 34.9 Å². The number of rotatable bonds is 2. The Hall–Kier alpha value is -1.28. The minimum absolute atomic E-state index is 0.0480. The fourth-order valence-corrected chi connectivity index (χ4v) is 1.28. The zero-order valence-electron chi connectivity index (χ0n) is 8.68. The first kappa shape index (κ1) is 14.8. The molecule has 2 N–H and O–H groups in total. The first-order valence-electron chi connectivity index (χ1n) is 4.64. The Morgan fingerprint density at radius 2 is 1.28 bits per heavy atom. The van der Waals surface area contributed by atoms with Crippen LogP contribution in [0.2, 0.25) is 0 Å². The van der Waals surface area contributed by atoms with E-state index in [1.165, 1.54) is 0 Å². The Kier molecular flexibility index (Phi) is 3.92. The second-order valence-corrected chi connectivity index (χ2v) is 3.54. The van der Waals surface area contributed by atoms with Gasteiger partial charge in [0, 0.05) is 0 Å². The highest BCUT2D eigenvalue weighted by molar-refractivity contribution is 5.34. The van der Waals surface area contributed by atoms with E-state index in [9.17, 15) is 26.3 Å². The molecule has 1 aromatic carbocycles. The van der Waals surface area contributed by atoms with Gasteiger partial charge in [0.1, 0.15) is 6.10 Å². The van der Waals surface area contributed by atoms with E-state index in [-0.39, 0.29) is 6.07 Å². The predicted molar refractivity (Wildman–Crippen MR) is 48.5 cm³/mol. The number of halogens is 6. The third kappa shape index (κ3) is 3.36. The van der Waals surface area contributed by atoms with Crippen LogP contribution in [0.1, 0.15) is 22.8 Å². The van der Waals surface area contributed by atoms with Crippen LogP contribution < -0.4 is 0 Å². The first-order chi connectivity index (χ1) is 8.05. The van der Waals surface area contributed by atoms with Crippen molar-refractivity contribution in [2.24, 2.45) is 0 Å². The van der Waals surface area contributed by atoms with Crippen molar-refractivity contribution in [3.63, 3.8) is 0 Å². The van der Waals surface area contributed by atoms with Gasteiger partial charge in [-0.15, -0.1) is 0 Å². The van der Waals surface area contributed by atoms with Gasteiger partial charge in [-0.05, 0) is 23.8 Å². The molecule has 18 heavy (non-hydrogen) atoms. The summed E-state index contributed by atoms with van der Waals surface area (Å²) in [5.41, 5.74) is -3.70. The SMILES string of the molecule is OC[C@@H](O)c1cc(C(F)(F)F)cc(C(F)(F)F)c1. The molecule has 1 rings (SSSR count). The lowest BCUT2D eigenvalue weighted by molar-refractivity contribution is -0.143. The second-order valence-electron chi connectivity index (χ2n) is 3.54. The third-order valence-corrected chi connectivity index (χ3v) is 2.17. The summed E-state index contributed by atoms with van der Waals surface area (Å²) in [6.07, 6.45) is -11.7. The van der Waals surface area contributed by atoms with Crippen molar-refractivity contribution in [3.8, 4) is 0 Å². The Morgan fingerprint density at radius 3 is 1.56 bits per heavy atom. The lowest BCUT2D eigenvalue weighted by Gasteiger charge is -2.16. The number of hydrogen-bond acceptors (Lipinski definition) is 2. The monoisotopic (exact) mass is 274 g/mol. The van der Waals surface area contributed by atoms with Gasteiger partial charge >= 0.3 is 12.4 Å². The molecule has 0 amide bonds. The Morgan fingerprint density at radius 1 is 0.889 bits per heavy atom. The van der Waals surface area contributed by atoms with Crippen LogP contribution in [0.4, 0.5) is 26.3 Å². The molecule has 1 aromatic rings. The van der Waals surface area contributed by atoms with Crippen molar-refractivity contribution >= 4 is 0 Å². The van der Waals surface area contributed by atoms with Crippen molar-refractivity contribution in [1.82, 2.24) is 0 Å². The highest BCUT2D eigenvalue weighted by Crippen LogP contribution is 2.37. The highest BCUT2D eigenvalue weighted by atomic mass is 19.4. The highest BCUT2D eigenvalue weighted by Gasteiger charge is 2.37. The van der Waals surface area contributed by atoms with Crippen LogP contribution in [-0.4, -0.2) is 16.8 Å². The van der Waals surface area contributed by atoms with Gasteiger partial charge in [0.05, 0.1) is 17.7 Å². The normalized spacial score (nSPS) is 14.7. The molecular weight excluding hydrogens is 266 g/mol. The number of aliphatic hydroxyl groups is 2. The summed E-state index contributed by atoms with van der Waals surface area (Å²) in [6, 6.07) is 0.694. The maximum atomic E-state index is 12.4. The first-order valence-corrected chi connectivity index (χ1v) is 4.64. The van der Waals surface area contributed by atoms with Crippen LogP contribution >= 0.6 is 0 Å². The Bertz CT molecular complexity index is 391. The molecule has 0 bridgehead atoms. The van der Waals surface area contributed by atoms with E-state index in [0.717, 1.165) is 0 Å². The molecule has 0 spiro atoms. The summed E-state index contributed by atoms with van der Waals surface area (Å²) in [5, 5.41) is 17.7. The molecule has 0 aliphatic rings. The maximum absolute atomic E-state index is 12.4. The lowest BCUT2D eigenvalue weighted by Crippen LogP contribution is -2.13. The number of benzene rings is 1. The molecule has 0 radical (unpaired) electrons. The number of aliphatic hydroxyl groups excluding tert-OH is 2. The quantitative estimate of drug-likeness (QED) is 0.814. The molecule has 0 aliphatic carbocycles. The standard InChI is InChI=1S/C10H8F6O2/c11-9(12,13)6-1-5(8(18)4-17)2-7(3-6)10(14,15)16/h1-3,8,17-18H,4H2/t8-/m1/s1. The van der Waals surface area contributed by atoms with E-state index in [2.05, 4.69) is 0 Å². The van der Waals surface area contributed by atoms with Gasteiger partial charge < -0.3 is 10.2 Å². The van der Waals surface area contributed by atoms with Crippen LogP contribution in [0.3, 0.4) is 0 Å². The molecule has 8 heteroatoms. The van der Waals surface area contributed by atoms with Crippen LogP contribution in [-0.2, 0) is 12.4 Å². The minimum atomic E-state index is -4.97. The predicted octanol–water partition coefficient (Wildman–Crippen LogP) is 2.75. The lowest BCUT2D eigenvalue weighted by atomic mass is 10.0. The molecular formula is C10H8F6O2. The average Bonchev–Trinajstić information content (AvgIpc) is 2.25. The average molecular weight is 274 g/mol. The molecule has 0 saturated heterocycles. The van der Waals surface area contributed by atoms with Gasteiger partial charge in [-0.1, -0.05) is 0 Å². The topological polar surface area (TPSA) is 40.5 Å². The summed E-state index contributed by atoms with van der Waals surface area (Å²) < 4.78 is 74.4. The molecule has 0 unspecified atom stereocenters. The number of hydrogen-bond donors (Lipinski definition) is 2. The zero-order valence-corrected chi connectivity index (χ0v) is 8.68. The maximum Gasteiger partial charge on any atom is 0.416 e. The van der Waals surface area contributed by atoms with E-state index in [1.54, 1.807) is 0 Å². The van der Waals surface area contributed by atoms with E-state index in [1.807, 2.05) is 0 Å². The van der Waals surface area contributed by atoms with Crippen molar-refractivity contribution < 1.29 is 36.6 Å². The fraction of sp³-hybridized carbons (Fsp3) is 0.400. The van der Waals surface area contributed by atoms with Gasteiger partial charge in [0.15, 0.2) is 0 Å². The molecule has 2 nitrogen and oxygen atoms in total. The van der Waals surface area contributed by atoms with Gasteiger partial charge in [0.25, 0.3) is 0 Å². The molecule has 102 valence electrons. The van der Waals surface area contributed by atoms with E-state index in [0.29, 0.717) is 12.1 Å². The van der Waals surface area contributed by atoms with E-state index < -0.39 is 41.8 Å². The second kappa shape index (κ2) is 4.77. The van der Waals surface area contributed by atoms with Crippen LogP contribution in [0.25, 0.3) is 0 Å². The van der Waals surface area contributed by atoms with Crippen LogP contribution in [0.15, 0.2) is 18.2 Å². The van der Waals surface area contributed by atoms with E-state index >= 15 is 0 Å². The fourth-order valence-electron chi connectivity index (χ4n) is 1.28. The molecule has 1 atom stereocenters. The van der Waals surface area contributed by atoms with Crippen molar-refractivity contribution in [1.29, 1.82) is 0 Å². The van der Waals surface area contributed by atoms with Gasteiger partial charge in [-0.25, -0.2) is 0 Å². The van der Waals surface area contributed by atoms with E-state index in [4.69, 9.17) is 10.2 Å². The largest absolute Gasteiger partial charge is 0.416 e. The summed E-state index contributed by atoms with van der Waals surface area (Å²) in [7, 11) is 0. The molecule has 0 fully saturated rings. The zero-order chi connectivity index (χ0) is 14.1. The van der Waals surface area contributed by atoms with Crippen LogP contribution in [0.5, 0.6) is 0 Å². The van der Waals surface area contributed by atoms with Crippen molar-refractivity contribution in [2.75, 3.05) is 6.61 Å². The minimum Gasteiger partial charge on any atom is -0.393 e. The summed E-state index contributed by atoms with van der Waals surface area (Å²) in [5.74, 6) is 0. The van der Waals surface area contributed by atoms with Gasteiger partial charge in [-0.2, -0.15) is 26.3 Å². The molecule has 0 aliphatic heterocycles. The number of alkyl halides is 6. The Balaban J connectivity index is 3.39. The van der Waals surface area contributed by atoms with Crippen LogP contribution in [0, 0.1) is 0 Å². The smallest absolute Gasteiger partial charge is 0.393 e. The molecule has 0 heterocycles. The summed E-state index contributed by atoms with van der Waals surface area (Å²) in [6.45, 7) is -0.974. The summed E-state index contributed by atoms with van der Waals surface area (Å²) >= 11 is 0. The van der Waals surface area contributed by atoms with Gasteiger partial charge in [-0.3, -0.25) is 0 Å². The molecule has 0 aromatic heterocycles.